The van der Waals surface area contributed by atoms with Gasteiger partial charge in [0.25, 0.3) is 0 Å². The molecule has 0 spiro atoms. The van der Waals surface area contributed by atoms with Crippen LogP contribution in [-0.2, 0) is 16.6 Å². The van der Waals surface area contributed by atoms with Gasteiger partial charge in [-0.25, -0.2) is 13.1 Å². The highest BCUT2D eigenvalue weighted by atomic mass is 32.2. The number of hydrogen-bond acceptors (Lipinski definition) is 4. The maximum absolute atomic E-state index is 12.3. The van der Waals surface area contributed by atoms with Crippen molar-refractivity contribution in [2.45, 2.75) is 24.3 Å². The summed E-state index contributed by atoms with van der Waals surface area (Å²) >= 11 is 0. The lowest BCUT2D eigenvalue weighted by atomic mass is 9.99. The van der Waals surface area contributed by atoms with Gasteiger partial charge in [0.1, 0.15) is 0 Å². The van der Waals surface area contributed by atoms with Gasteiger partial charge in [-0.2, -0.15) is 0 Å². The Hall–Kier alpha value is -0.950. The van der Waals surface area contributed by atoms with E-state index in [9.17, 15) is 8.42 Å². The van der Waals surface area contributed by atoms with E-state index in [1.54, 1.807) is 18.2 Å². The molecule has 1 aliphatic rings. The fourth-order valence-electron chi connectivity index (χ4n) is 2.59. The van der Waals surface area contributed by atoms with Crippen molar-refractivity contribution >= 4 is 10.0 Å². The first kappa shape index (κ1) is 15.4. The van der Waals surface area contributed by atoms with Gasteiger partial charge in [-0.3, -0.25) is 0 Å². The summed E-state index contributed by atoms with van der Waals surface area (Å²) in [6.07, 6.45) is 2.21. The van der Waals surface area contributed by atoms with Gasteiger partial charge in [-0.1, -0.05) is 12.1 Å². The maximum atomic E-state index is 12.3. The standard InChI is InChI=1S/C14H23N3O2S/c1-17-7-3-5-13(11-17)10-16-20(18,19)14-6-2-4-12(8-14)9-15/h2,4,6,8,13,16H,3,5,7,9-11,15H2,1H3. The highest BCUT2D eigenvalue weighted by Crippen LogP contribution is 2.16. The number of likely N-dealkylation sites (tertiary alicyclic amines) is 1. The average Bonchev–Trinajstić information content (AvgIpc) is 2.45. The fourth-order valence-corrected chi connectivity index (χ4v) is 3.78. The molecule has 1 atom stereocenters. The lowest BCUT2D eigenvalue weighted by molar-refractivity contribution is 0.211. The zero-order chi connectivity index (χ0) is 14.6. The normalized spacial score (nSPS) is 21.0. The molecule has 1 fully saturated rings. The Labute approximate surface area is 121 Å². The van der Waals surface area contributed by atoms with Gasteiger partial charge >= 0.3 is 0 Å². The molecule has 1 aromatic rings. The molecular formula is C14H23N3O2S. The summed E-state index contributed by atoms with van der Waals surface area (Å²) in [5.74, 6) is 0.390. The molecule has 0 amide bonds. The van der Waals surface area contributed by atoms with Crippen LogP contribution in [0.4, 0.5) is 0 Å². The van der Waals surface area contributed by atoms with Crippen LogP contribution in [0.1, 0.15) is 18.4 Å². The van der Waals surface area contributed by atoms with Gasteiger partial charge in [0.2, 0.25) is 10.0 Å². The second-order valence-corrected chi connectivity index (χ2v) is 7.24. The van der Waals surface area contributed by atoms with Gasteiger partial charge in [0, 0.05) is 19.6 Å². The van der Waals surface area contributed by atoms with Crippen LogP contribution in [0, 0.1) is 5.92 Å². The molecule has 0 aromatic heterocycles. The van der Waals surface area contributed by atoms with Crippen LogP contribution >= 0.6 is 0 Å². The van der Waals surface area contributed by atoms with Crippen molar-refractivity contribution in [3.8, 4) is 0 Å². The molecule has 20 heavy (non-hydrogen) atoms. The first-order valence-corrected chi connectivity index (χ1v) is 8.47. The molecular weight excluding hydrogens is 274 g/mol. The summed E-state index contributed by atoms with van der Waals surface area (Å²) in [7, 11) is -1.36. The van der Waals surface area contributed by atoms with E-state index in [0.29, 0.717) is 23.9 Å². The summed E-state index contributed by atoms with van der Waals surface area (Å²) < 4.78 is 27.2. The van der Waals surface area contributed by atoms with Crippen LogP contribution in [-0.4, -0.2) is 40.0 Å². The number of sulfonamides is 1. The fraction of sp³-hybridized carbons (Fsp3) is 0.571. The van der Waals surface area contributed by atoms with E-state index in [2.05, 4.69) is 16.7 Å². The van der Waals surface area contributed by atoms with Crippen molar-refractivity contribution in [2.24, 2.45) is 11.7 Å². The van der Waals surface area contributed by atoms with E-state index in [1.807, 2.05) is 6.07 Å². The van der Waals surface area contributed by atoms with Crippen molar-refractivity contribution in [3.63, 3.8) is 0 Å². The smallest absolute Gasteiger partial charge is 0.240 e. The molecule has 3 N–H and O–H groups in total. The maximum Gasteiger partial charge on any atom is 0.240 e. The van der Waals surface area contributed by atoms with Gasteiger partial charge in [0.15, 0.2) is 0 Å². The van der Waals surface area contributed by atoms with E-state index in [-0.39, 0.29) is 0 Å². The average molecular weight is 297 g/mol. The van der Waals surface area contributed by atoms with Crippen LogP contribution in [0.3, 0.4) is 0 Å². The van der Waals surface area contributed by atoms with Gasteiger partial charge in [0.05, 0.1) is 4.90 Å². The Bertz CT molecular complexity index is 545. The van der Waals surface area contributed by atoms with E-state index in [4.69, 9.17) is 5.73 Å². The number of rotatable bonds is 5. The zero-order valence-corrected chi connectivity index (χ0v) is 12.7. The van der Waals surface area contributed by atoms with E-state index in [0.717, 1.165) is 31.5 Å². The van der Waals surface area contributed by atoms with Crippen molar-refractivity contribution < 1.29 is 8.42 Å². The monoisotopic (exact) mass is 297 g/mol. The van der Waals surface area contributed by atoms with Crippen molar-refractivity contribution in [1.82, 2.24) is 9.62 Å². The lowest BCUT2D eigenvalue weighted by Crippen LogP contribution is -2.39. The predicted molar refractivity (Wildman–Crippen MR) is 79.7 cm³/mol. The largest absolute Gasteiger partial charge is 0.326 e. The Balaban J connectivity index is 1.99. The molecule has 1 heterocycles. The second kappa shape index (κ2) is 6.67. The van der Waals surface area contributed by atoms with Crippen LogP contribution in [0.15, 0.2) is 29.2 Å². The third-order valence-corrected chi connectivity index (χ3v) is 5.15. The highest BCUT2D eigenvalue weighted by Gasteiger charge is 2.20. The zero-order valence-electron chi connectivity index (χ0n) is 11.9. The number of piperidine rings is 1. The minimum Gasteiger partial charge on any atom is -0.326 e. The first-order chi connectivity index (χ1) is 9.51. The molecule has 1 aliphatic heterocycles. The van der Waals surface area contributed by atoms with E-state index < -0.39 is 10.0 Å². The third-order valence-electron chi connectivity index (χ3n) is 3.73. The van der Waals surface area contributed by atoms with Crippen LogP contribution < -0.4 is 10.5 Å². The molecule has 1 unspecified atom stereocenters. The topological polar surface area (TPSA) is 75.4 Å². The summed E-state index contributed by atoms with van der Waals surface area (Å²) in [6, 6.07) is 6.80. The van der Waals surface area contributed by atoms with Gasteiger partial charge < -0.3 is 10.6 Å². The SMILES string of the molecule is CN1CCCC(CNS(=O)(=O)c2cccc(CN)c2)C1. The molecule has 5 nitrogen and oxygen atoms in total. The van der Waals surface area contributed by atoms with Crippen LogP contribution in [0.2, 0.25) is 0 Å². The minimum absolute atomic E-state index is 0.296. The molecule has 0 saturated carbocycles. The number of hydrogen-bond donors (Lipinski definition) is 2. The summed E-state index contributed by atoms with van der Waals surface area (Å²) in [5.41, 5.74) is 6.37. The van der Waals surface area contributed by atoms with Crippen molar-refractivity contribution in [3.05, 3.63) is 29.8 Å². The number of nitrogens with zero attached hydrogens (tertiary/aromatic N) is 1. The van der Waals surface area contributed by atoms with Crippen LogP contribution in [0.5, 0.6) is 0 Å². The van der Waals surface area contributed by atoms with Gasteiger partial charge in [-0.15, -0.1) is 0 Å². The Morgan fingerprint density at radius 2 is 2.25 bits per heavy atom. The summed E-state index contributed by atoms with van der Waals surface area (Å²) in [5, 5.41) is 0. The van der Waals surface area contributed by atoms with E-state index in [1.165, 1.54) is 0 Å². The van der Waals surface area contributed by atoms with Crippen LogP contribution in [0.25, 0.3) is 0 Å². The second-order valence-electron chi connectivity index (χ2n) is 5.47. The lowest BCUT2D eigenvalue weighted by Gasteiger charge is -2.29. The molecule has 0 aliphatic carbocycles. The molecule has 0 bridgehead atoms. The molecule has 112 valence electrons. The van der Waals surface area contributed by atoms with Crippen molar-refractivity contribution in [1.29, 1.82) is 0 Å². The Morgan fingerprint density at radius 1 is 1.45 bits per heavy atom. The number of nitrogens with two attached hydrogens (primary N) is 1. The molecule has 1 aromatic carbocycles. The Kier molecular flexibility index (Phi) is 5.15. The van der Waals surface area contributed by atoms with Gasteiger partial charge in [-0.05, 0) is 50.0 Å². The first-order valence-electron chi connectivity index (χ1n) is 6.98. The number of nitrogens with one attached hydrogen (secondary N) is 1. The number of benzene rings is 1. The van der Waals surface area contributed by atoms with E-state index >= 15 is 0 Å². The molecule has 1 saturated heterocycles. The quantitative estimate of drug-likeness (QED) is 0.841. The van der Waals surface area contributed by atoms with Crippen molar-refractivity contribution in [2.75, 3.05) is 26.7 Å². The minimum atomic E-state index is -3.43. The highest BCUT2D eigenvalue weighted by molar-refractivity contribution is 7.89. The third kappa shape index (κ3) is 4.02. The Morgan fingerprint density at radius 3 is 2.95 bits per heavy atom. The molecule has 2 rings (SSSR count). The molecule has 0 radical (unpaired) electrons. The molecule has 6 heteroatoms. The predicted octanol–water partition coefficient (Wildman–Crippen LogP) is 0.765. The summed E-state index contributed by atoms with van der Waals surface area (Å²) in [6.45, 7) is 2.89. The summed E-state index contributed by atoms with van der Waals surface area (Å²) in [4.78, 5) is 2.54.